The maximum atomic E-state index is 12.1. The second-order valence-electron chi connectivity index (χ2n) is 5.70. The van der Waals surface area contributed by atoms with Crippen molar-refractivity contribution in [1.29, 1.82) is 0 Å². The summed E-state index contributed by atoms with van der Waals surface area (Å²) < 4.78 is 5.14. The fourth-order valence-electron chi connectivity index (χ4n) is 2.24. The van der Waals surface area contributed by atoms with Crippen molar-refractivity contribution in [3.8, 4) is 29.4 Å². The van der Waals surface area contributed by atoms with Gasteiger partial charge in [-0.2, -0.15) is 0 Å². The molecule has 2 aromatic carbocycles. The maximum absolute atomic E-state index is 12.1. The smallest absolute Gasteiger partial charge is 0.251 e. The van der Waals surface area contributed by atoms with Crippen LogP contribution in [0, 0.1) is 23.7 Å². The van der Waals surface area contributed by atoms with E-state index in [9.17, 15) is 9.59 Å². The molecular weight excluding hydrogens is 356 g/mol. The Morgan fingerprint density at radius 3 is 2.39 bits per heavy atom. The van der Waals surface area contributed by atoms with E-state index in [-0.39, 0.29) is 6.54 Å². The molecule has 0 aliphatic heterocycles. The fraction of sp³-hybridized carbons (Fsp3) is 0.182. The van der Waals surface area contributed by atoms with Crippen LogP contribution in [0.3, 0.4) is 0 Å². The molecule has 0 saturated heterocycles. The number of ether oxygens (including phenoxy) is 1. The molecule has 28 heavy (non-hydrogen) atoms. The van der Waals surface area contributed by atoms with Crippen molar-refractivity contribution < 1.29 is 19.4 Å². The third kappa shape index (κ3) is 6.00. The van der Waals surface area contributed by atoms with Crippen LogP contribution in [0.4, 0.5) is 0 Å². The van der Waals surface area contributed by atoms with Gasteiger partial charge in [-0.25, -0.2) is 0 Å². The molecule has 0 aliphatic rings. The molecule has 0 fully saturated rings. The van der Waals surface area contributed by atoms with E-state index < -0.39 is 24.3 Å². The monoisotopic (exact) mass is 376 g/mol. The fourth-order valence-corrected chi connectivity index (χ4v) is 2.24. The van der Waals surface area contributed by atoms with Crippen molar-refractivity contribution in [1.82, 2.24) is 5.32 Å². The summed E-state index contributed by atoms with van der Waals surface area (Å²) in [7, 11) is 1.59. The number of hydrogen-bond donors (Lipinski definition) is 3. The van der Waals surface area contributed by atoms with E-state index in [0.717, 1.165) is 11.3 Å². The van der Waals surface area contributed by atoms with Crippen LogP contribution < -0.4 is 15.8 Å². The second kappa shape index (κ2) is 10.5. The highest BCUT2D eigenvalue weighted by molar-refractivity contribution is 5.98. The maximum Gasteiger partial charge on any atom is 0.251 e. The van der Waals surface area contributed by atoms with Gasteiger partial charge in [0.1, 0.15) is 18.4 Å². The number of nitrogens with one attached hydrogen (secondary N) is 1. The summed E-state index contributed by atoms with van der Waals surface area (Å²) in [5.41, 5.74) is 7.29. The first kappa shape index (κ1) is 20.7. The first-order valence-electron chi connectivity index (χ1n) is 8.48. The van der Waals surface area contributed by atoms with E-state index in [1.54, 1.807) is 31.4 Å². The highest BCUT2D eigenvalue weighted by Gasteiger charge is 2.18. The molecular formula is C22H20N2O4. The Morgan fingerprint density at radius 2 is 1.79 bits per heavy atom. The van der Waals surface area contributed by atoms with Crippen molar-refractivity contribution in [3.63, 3.8) is 0 Å². The molecule has 0 saturated carbocycles. The minimum atomic E-state index is -0.913. The average Bonchev–Trinajstić information content (AvgIpc) is 2.74. The number of aliphatic hydroxyl groups excluding tert-OH is 1. The molecule has 2 rings (SSSR count). The van der Waals surface area contributed by atoms with Crippen LogP contribution in [0.1, 0.15) is 21.5 Å². The molecule has 142 valence electrons. The van der Waals surface area contributed by atoms with Gasteiger partial charge in [0.2, 0.25) is 0 Å². The molecule has 0 aromatic heterocycles. The first-order chi connectivity index (χ1) is 13.6. The molecule has 0 radical (unpaired) electrons. The van der Waals surface area contributed by atoms with Gasteiger partial charge in [-0.3, -0.25) is 9.59 Å². The summed E-state index contributed by atoms with van der Waals surface area (Å²) >= 11 is 0. The number of carbonyl (C=O) groups is 2. The van der Waals surface area contributed by atoms with Crippen molar-refractivity contribution in [2.75, 3.05) is 20.3 Å². The minimum Gasteiger partial charge on any atom is -0.497 e. The van der Waals surface area contributed by atoms with Gasteiger partial charge < -0.3 is 20.9 Å². The molecule has 1 atom stereocenters. The molecule has 1 amide bonds. The number of aliphatic hydroxyl groups is 1. The predicted octanol–water partition coefficient (Wildman–Crippen LogP) is 0.717. The van der Waals surface area contributed by atoms with Crippen molar-refractivity contribution >= 4 is 11.7 Å². The summed E-state index contributed by atoms with van der Waals surface area (Å²) in [4.78, 5) is 23.6. The number of benzene rings is 2. The van der Waals surface area contributed by atoms with Gasteiger partial charge in [0.25, 0.3) is 5.91 Å². The van der Waals surface area contributed by atoms with E-state index in [0.29, 0.717) is 11.1 Å². The van der Waals surface area contributed by atoms with E-state index in [2.05, 4.69) is 29.0 Å². The molecule has 4 N–H and O–H groups in total. The number of Topliss-reactive ketones (excluding diaryl/α,β-unsaturated/α-hetero) is 1. The number of nitrogens with two attached hydrogens (primary N) is 1. The molecule has 0 spiro atoms. The molecule has 6 nitrogen and oxygen atoms in total. The Morgan fingerprint density at radius 1 is 1.11 bits per heavy atom. The van der Waals surface area contributed by atoms with E-state index in [4.69, 9.17) is 15.6 Å². The van der Waals surface area contributed by atoms with Crippen molar-refractivity contribution in [2.45, 2.75) is 6.04 Å². The number of ketones is 1. The molecule has 0 aliphatic carbocycles. The summed E-state index contributed by atoms with van der Waals surface area (Å²) in [6.07, 6.45) is 0. The van der Waals surface area contributed by atoms with Crippen LogP contribution in [-0.4, -0.2) is 43.1 Å². The second-order valence-corrected chi connectivity index (χ2v) is 5.70. The number of methoxy groups -OCH3 is 1. The van der Waals surface area contributed by atoms with Gasteiger partial charge in [-0.05, 0) is 54.3 Å². The lowest BCUT2D eigenvalue weighted by atomic mass is 10.1. The summed E-state index contributed by atoms with van der Waals surface area (Å²) in [5, 5.41) is 11.4. The Hall–Kier alpha value is -3.58. The SMILES string of the molecule is COc1cccc(C#CC#Cc2ccc(C(=O)N[C@@H](CN)C(=O)CO)cc2)c1. The minimum absolute atomic E-state index is 0.0827. The van der Waals surface area contributed by atoms with Gasteiger partial charge in [0.15, 0.2) is 5.78 Å². The molecule has 6 heteroatoms. The molecule has 0 heterocycles. The van der Waals surface area contributed by atoms with E-state index >= 15 is 0 Å². The standard InChI is InChI=1S/C22H20N2O4/c1-28-19-8-4-7-17(13-19)6-3-2-5-16-9-11-18(12-10-16)22(27)24-20(14-23)21(26)15-25/h4,7-13,20,25H,14-15,23H2,1H3,(H,24,27)/t20-/m0/s1. The average molecular weight is 376 g/mol. The van der Waals surface area contributed by atoms with E-state index in [1.165, 1.54) is 0 Å². The Bertz CT molecular complexity index is 960. The van der Waals surface area contributed by atoms with Crippen LogP contribution in [0.2, 0.25) is 0 Å². The Kier molecular flexibility index (Phi) is 7.80. The summed E-state index contributed by atoms with van der Waals surface area (Å²) in [6, 6.07) is 13.0. The van der Waals surface area contributed by atoms with Crippen molar-refractivity contribution in [2.24, 2.45) is 5.73 Å². The number of amides is 1. The van der Waals surface area contributed by atoms with Gasteiger partial charge in [0, 0.05) is 23.2 Å². The lowest BCUT2D eigenvalue weighted by Crippen LogP contribution is -2.46. The van der Waals surface area contributed by atoms with Gasteiger partial charge in [-0.15, -0.1) is 0 Å². The normalized spacial score (nSPS) is 10.5. The predicted molar refractivity (Wildman–Crippen MR) is 106 cm³/mol. The van der Waals surface area contributed by atoms with Crippen LogP contribution >= 0.6 is 0 Å². The van der Waals surface area contributed by atoms with Gasteiger partial charge >= 0.3 is 0 Å². The molecule has 0 unspecified atom stereocenters. The number of hydrogen-bond acceptors (Lipinski definition) is 5. The summed E-state index contributed by atoms with van der Waals surface area (Å²) in [6.45, 7) is -0.756. The third-order valence-corrected chi connectivity index (χ3v) is 3.78. The highest BCUT2D eigenvalue weighted by Crippen LogP contribution is 2.11. The highest BCUT2D eigenvalue weighted by atomic mass is 16.5. The largest absolute Gasteiger partial charge is 0.497 e. The lowest BCUT2D eigenvalue weighted by molar-refractivity contribution is -0.123. The quantitative estimate of drug-likeness (QED) is 0.645. The Balaban J connectivity index is 2.02. The zero-order valence-corrected chi connectivity index (χ0v) is 15.4. The van der Waals surface area contributed by atoms with Crippen LogP contribution in [0.25, 0.3) is 0 Å². The zero-order chi connectivity index (χ0) is 20.4. The van der Waals surface area contributed by atoms with Gasteiger partial charge in [0.05, 0.1) is 7.11 Å². The topological polar surface area (TPSA) is 102 Å². The number of carbonyl (C=O) groups excluding carboxylic acids is 2. The zero-order valence-electron chi connectivity index (χ0n) is 15.4. The van der Waals surface area contributed by atoms with Crippen molar-refractivity contribution in [3.05, 3.63) is 65.2 Å². The van der Waals surface area contributed by atoms with Crippen LogP contribution in [-0.2, 0) is 4.79 Å². The lowest BCUT2D eigenvalue weighted by Gasteiger charge is -2.14. The first-order valence-corrected chi connectivity index (χ1v) is 8.48. The summed E-state index contributed by atoms with van der Waals surface area (Å²) in [5.74, 6) is 11.1. The molecule has 0 bridgehead atoms. The van der Waals surface area contributed by atoms with Crippen LogP contribution in [0.15, 0.2) is 48.5 Å². The third-order valence-electron chi connectivity index (χ3n) is 3.78. The Labute approximate surface area is 163 Å². The van der Waals surface area contributed by atoms with Crippen LogP contribution in [0.5, 0.6) is 5.75 Å². The van der Waals surface area contributed by atoms with Gasteiger partial charge in [-0.1, -0.05) is 17.9 Å². The van der Waals surface area contributed by atoms with E-state index in [1.807, 2.05) is 24.3 Å². The number of rotatable bonds is 6. The molecule has 2 aromatic rings.